The van der Waals surface area contributed by atoms with Crippen LogP contribution < -0.4 is 10.5 Å². The second-order valence-corrected chi connectivity index (χ2v) is 6.52. The predicted molar refractivity (Wildman–Crippen MR) is 104 cm³/mol. The van der Waals surface area contributed by atoms with E-state index < -0.39 is 11.7 Å². The molecule has 6 heteroatoms. The molecule has 27 heavy (non-hydrogen) atoms. The monoisotopic (exact) mass is 385 g/mol. The number of methoxy groups -OCH3 is 1. The number of carbonyl (C=O) groups is 1. The van der Waals surface area contributed by atoms with Crippen LogP contribution in [0.4, 0.5) is 4.39 Å². The van der Waals surface area contributed by atoms with Crippen molar-refractivity contribution in [3.8, 4) is 33.8 Å². The van der Waals surface area contributed by atoms with Crippen LogP contribution in [-0.2, 0) is 0 Å². The van der Waals surface area contributed by atoms with Crippen LogP contribution in [0.1, 0.15) is 15.9 Å². The summed E-state index contributed by atoms with van der Waals surface area (Å²) in [5.74, 6) is -0.654. The number of aryl methyl sites for hydroxylation is 1. The molecule has 4 nitrogen and oxygen atoms in total. The summed E-state index contributed by atoms with van der Waals surface area (Å²) in [6, 6.07) is 12.1. The highest BCUT2D eigenvalue weighted by Gasteiger charge is 2.21. The molecule has 0 fully saturated rings. The summed E-state index contributed by atoms with van der Waals surface area (Å²) in [6.07, 6.45) is 0. The van der Waals surface area contributed by atoms with Gasteiger partial charge < -0.3 is 15.6 Å². The second-order valence-electron chi connectivity index (χ2n) is 6.09. The topological polar surface area (TPSA) is 72.5 Å². The Morgan fingerprint density at radius 2 is 1.85 bits per heavy atom. The van der Waals surface area contributed by atoms with E-state index in [1.54, 1.807) is 31.2 Å². The predicted octanol–water partition coefficient (Wildman–Crippen LogP) is 4.93. The SMILES string of the molecule is COc1ccc(F)cc1-c1c(C(N)=O)cc(Cl)cc1-c1ccc(O)c(C)c1. The zero-order valence-corrected chi connectivity index (χ0v) is 15.5. The summed E-state index contributed by atoms with van der Waals surface area (Å²) in [7, 11) is 1.46. The number of hydrogen-bond acceptors (Lipinski definition) is 3. The van der Waals surface area contributed by atoms with Crippen molar-refractivity contribution in [3.05, 3.63) is 70.5 Å². The molecule has 0 atom stereocenters. The van der Waals surface area contributed by atoms with E-state index in [1.807, 2.05) is 0 Å². The summed E-state index contributed by atoms with van der Waals surface area (Å²) in [6.45, 7) is 1.75. The van der Waals surface area contributed by atoms with Gasteiger partial charge in [-0.2, -0.15) is 0 Å². The van der Waals surface area contributed by atoms with E-state index in [2.05, 4.69) is 0 Å². The number of primary amides is 1. The molecule has 0 unspecified atom stereocenters. The van der Waals surface area contributed by atoms with Crippen LogP contribution in [-0.4, -0.2) is 18.1 Å². The number of benzene rings is 3. The number of aromatic hydroxyl groups is 1. The maximum Gasteiger partial charge on any atom is 0.249 e. The fourth-order valence-corrected chi connectivity index (χ4v) is 3.24. The number of hydrogen-bond donors (Lipinski definition) is 2. The van der Waals surface area contributed by atoms with Crippen molar-refractivity contribution < 1.29 is 19.0 Å². The Kier molecular flexibility index (Phi) is 5.06. The zero-order valence-electron chi connectivity index (χ0n) is 14.7. The standard InChI is InChI=1S/C21H17ClFNO3/c1-11-7-12(3-5-18(11)25)15-8-13(22)9-17(21(24)26)20(15)16-10-14(23)4-6-19(16)27-2/h3-10,25H,1-2H3,(H2,24,26). The molecule has 0 aromatic heterocycles. The van der Waals surface area contributed by atoms with Gasteiger partial charge in [0.15, 0.2) is 0 Å². The van der Waals surface area contributed by atoms with Crippen LogP contribution in [0.25, 0.3) is 22.3 Å². The van der Waals surface area contributed by atoms with Gasteiger partial charge >= 0.3 is 0 Å². The van der Waals surface area contributed by atoms with E-state index >= 15 is 0 Å². The summed E-state index contributed by atoms with van der Waals surface area (Å²) in [4.78, 5) is 12.1. The van der Waals surface area contributed by atoms with Crippen molar-refractivity contribution in [1.82, 2.24) is 0 Å². The largest absolute Gasteiger partial charge is 0.508 e. The molecule has 0 spiro atoms. The maximum absolute atomic E-state index is 14.0. The highest BCUT2D eigenvalue weighted by molar-refractivity contribution is 6.31. The lowest BCUT2D eigenvalue weighted by Gasteiger charge is -2.18. The molecule has 3 aromatic carbocycles. The van der Waals surface area contributed by atoms with E-state index in [0.29, 0.717) is 38.6 Å². The van der Waals surface area contributed by atoms with Gasteiger partial charge in [-0.1, -0.05) is 17.7 Å². The number of phenolic OH excluding ortho intramolecular Hbond substituents is 1. The number of nitrogens with two attached hydrogens (primary N) is 1. The number of ether oxygens (including phenoxy) is 1. The first-order valence-corrected chi connectivity index (χ1v) is 8.47. The van der Waals surface area contributed by atoms with E-state index in [0.717, 1.165) is 0 Å². The van der Waals surface area contributed by atoms with E-state index in [4.69, 9.17) is 22.1 Å². The van der Waals surface area contributed by atoms with Crippen LogP contribution >= 0.6 is 11.6 Å². The zero-order chi connectivity index (χ0) is 19.7. The van der Waals surface area contributed by atoms with E-state index in [1.165, 1.54) is 31.4 Å². The quantitative estimate of drug-likeness (QED) is 0.668. The molecule has 138 valence electrons. The third-order valence-electron chi connectivity index (χ3n) is 4.31. The molecule has 0 saturated carbocycles. The molecule has 1 amide bonds. The van der Waals surface area contributed by atoms with Crippen molar-refractivity contribution >= 4 is 17.5 Å². The van der Waals surface area contributed by atoms with Crippen LogP contribution in [0.2, 0.25) is 5.02 Å². The Labute approximate surface area is 161 Å². The molecular weight excluding hydrogens is 369 g/mol. The van der Waals surface area contributed by atoms with Gasteiger partial charge in [0.1, 0.15) is 17.3 Å². The minimum atomic E-state index is -0.699. The van der Waals surface area contributed by atoms with E-state index in [9.17, 15) is 14.3 Å². The number of rotatable bonds is 4. The molecular formula is C21H17ClFNO3. The average molecular weight is 386 g/mol. The minimum absolute atomic E-state index is 0.140. The third kappa shape index (κ3) is 3.59. The Bertz CT molecular complexity index is 1050. The summed E-state index contributed by atoms with van der Waals surface area (Å²) in [5, 5.41) is 10.1. The van der Waals surface area contributed by atoms with Gasteiger partial charge in [0, 0.05) is 21.7 Å². The van der Waals surface area contributed by atoms with Crippen LogP contribution in [0, 0.1) is 12.7 Å². The lowest BCUT2D eigenvalue weighted by molar-refractivity contribution is 0.100. The molecule has 0 saturated heterocycles. The normalized spacial score (nSPS) is 10.7. The summed E-state index contributed by atoms with van der Waals surface area (Å²) in [5.41, 5.74) is 8.42. The third-order valence-corrected chi connectivity index (χ3v) is 4.53. The molecule has 0 aliphatic carbocycles. The number of halogens is 2. The fraction of sp³-hybridized carbons (Fsp3) is 0.0952. The summed E-state index contributed by atoms with van der Waals surface area (Å²) >= 11 is 6.22. The Morgan fingerprint density at radius 3 is 2.48 bits per heavy atom. The highest BCUT2D eigenvalue weighted by atomic mass is 35.5. The first kappa shape index (κ1) is 18.7. The first-order valence-electron chi connectivity index (χ1n) is 8.09. The Hall–Kier alpha value is -3.05. The number of carbonyl (C=O) groups excluding carboxylic acids is 1. The minimum Gasteiger partial charge on any atom is -0.508 e. The molecule has 0 heterocycles. The highest BCUT2D eigenvalue weighted by Crippen LogP contribution is 2.42. The molecule has 3 rings (SSSR count). The maximum atomic E-state index is 14.0. The van der Waals surface area contributed by atoms with Crippen molar-refractivity contribution in [3.63, 3.8) is 0 Å². The molecule has 3 N–H and O–H groups in total. The van der Waals surface area contributed by atoms with Crippen LogP contribution in [0.5, 0.6) is 11.5 Å². The smallest absolute Gasteiger partial charge is 0.249 e. The van der Waals surface area contributed by atoms with Gasteiger partial charge in [-0.15, -0.1) is 0 Å². The molecule has 0 aliphatic heterocycles. The van der Waals surface area contributed by atoms with Crippen molar-refractivity contribution in [2.75, 3.05) is 7.11 Å². The van der Waals surface area contributed by atoms with Crippen molar-refractivity contribution in [2.45, 2.75) is 6.92 Å². The summed E-state index contributed by atoms with van der Waals surface area (Å²) < 4.78 is 19.4. The lowest BCUT2D eigenvalue weighted by Crippen LogP contribution is -2.13. The van der Waals surface area contributed by atoms with Gasteiger partial charge in [0.05, 0.1) is 7.11 Å². The van der Waals surface area contributed by atoms with Gasteiger partial charge in [-0.3, -0.25) is 4.79 Å². The van der Waals surface area contributed by atoms with Crippen LogP contribution in [0.15, 0.2) is 48.5 Å². The average Bonchev–Trinajstić information content (AvgIpc) is 2.63. The molecule has 0 bridgehead atoms. The Balaban J connectivity index is 2.43. The molecule has 0 radical (unpaired) electrons. The van der Waals surface area contributed by atoms with E-state index in [-0.39, 0.29) is 11.3 Å². The fourth-order valence-electron chi connectivity index (χ4n) is 3.02. The second kappa shape index (κ2) is 7.29. The first-order chi connectivity index (χ1) is 12.8. The number of phenols is 1. The van der Waals surface area contributed by atoms with Gasteiger partial charge in [-0.05, 0) is 66.1 Å². The van der Waals surface area contributed by atoms with Gasteiger partial charge in [-0.25, -0.2) is 4.39 Å². The molecule has 0 aliphatic rings. The van der Waals surface area contributed by atoms with Crippen molar-refractivity contribution in [2.24, 2.45) is 5.73 Å². The number of amides is 1. The Morgan fingerprint density at radius 1 is 1.11 bits per heavy atom. The van der Waals surface area contributed by atoms with Gasteiger partial charge in [0.2, 0.25) is 5.91 Å². The van der Waals surface area contributed by atoms with Gasteiger partial charge in [0.25, 0.3) is 0 Å². The van der Waals surface area contributed by atoms with Crippen molar-refractivity contribution in [1.29, 1.82) is 0 Å². The van der Waals surface area contributed by atoms with Crippen LogP contribution in [0.3, 0.4) is 0 Å². The molecule has 3 aromatic rings. The lowest BCUT2D eigenvalue weighted by atomic mass is 9.89.